The van der Waals surface area contributed by atoms with Crippen molar-refractivity contribution in [3.05, 3.63) is 59.2 Å². The molecule has 1 saturated heterocycles. The average molecular weight is 380 g/mol. The highest BCUT2D eigenvalue weighted by Crippen LogP contribution is 2.51. The predicted octanol–water partition coefficient (Wildman–Crippen LogP) is 2.54. The van der Waals surface area contributed by atoms with E-state index in [0.717, 1.165) is 31.5 Å². The van der Waals surface area contributed by atoms with E-state index in [1.807, 2.05) is 6.07 Å². The summed E-state index contributed by atoms with van der Waals surface area (Å²) >= 11 is 0. The number of benzene rings is 2. The molecule has 5 rings (SSSR count). The molecule has 0 bridgehead atoms. The summed E-state index contributed by atoms with van der Waals surface area (Å²) in [5.41, 5.74) is 2.95. The van der Waals surface area contributed by atoms with E-state index in [0.29, 0.717) is 17.1 Å². The van der Waals surface area contributed by atoms with Crippen LogP contribution in [0, 0.1) is 0 Å². The number of nitrogens with one attached hydrogen (secondary N) is 2. The first kappa shape index (κ1) is 17.5. The minimum absolute atomic E-state index is 0.0660. The van der Waals surface area contributed by atoms with Gasteiger partial charge in [0.2, 0.25) is 6.79 Å². The van der Waals surface area contributed by atoms with Gasteiger partial charge in [-0.2, -0.15) is 0 Å². The second-order valence-corrected chi connectivity index (χ2v) is 7.67. The van der Waals surface area contributed by atoms with Gasteiger partial charge >= 0.3 is 0 Å². The van der Waals surface area contributed by atoms with Crippen LogP contribution in [0.15, 0.2) is 42.5 Å². The molecule has 0 radical (unpaired) electrons. The van der Waals surface area contributed by atoms with E-state index >= 15 is 0 Å². The van der Waals surface area contributed by atoms with E-state index < -0.39 is 0 Å². The molecule has 1 spiro atoms. The Labute approximate surface area is 164 Å². The van der Waals surface area contributed by atoms with Crippen LogP contribution in [0.3, 0.4) is 0 Å². The van der Waals surface area contributed by atoms with Crippen molar-refractivity contribution in [1.29, 1.82) is 0 Å². The number of hydrogen-bond acceptors (Lipinski definition) is 5. The van der Waals surface area contributed by atoms with Crippen LogP contribution >= 0.6 is 0 Å². The van der Waals surface area contributed by atoms with Gasteiger partial charge < -0.3 is 24.8 Å². The van der Waals surface area contributed by atoms with Gasteiger partial charge in [0, 0.05) is 18.1 Å². The van der Waals surface area contributed by atoms with Crippen LogP contribution in [0.5, 0.6) is 11.5 Å². The fraction of sp³-hybridized carbons (Fsp3) is 0.409. The van der Waals surface area contributed by atoms with Crippen LogP contribution in [-0.4, -0.2) is 39.0 Å². The largest absolute Gasteiger partial charge is 0.454 e. The molecule has 6 heteroatoms. The van der Waals surface area contributed by atoms with E-state index in [-0.39, 0.29) is 30.3 Å². The normalized spacial score (nSPS) is 24.2. The van der Waals surface area contributed by atoms with Gasteiger partial charge in [-0.15, -0.1) is 0 Å². The van der Waals surface area contributed by atoms with Crippen molar-refractivity contribution in [3.63, 3.8) is 0 Å². The third-order valence-corrected chi connectivity index (χ3v) is 6.35. The monoisotopic (exact) mass is 380 g/mol. The molecule has 1 fully saturated rings. The Kier molecular flexibility index (Phi) is 4.25. The molecule has 28 heavy (non-hydrogen) atoms. The first-order valence-electron chi connectivity index (χ1n) is 9.76. The second-order valence-electron chi connectivity index (χ2n) is 7.67. The highest BCUT2D eigenvalue weighted by atomic mass is 16.7. The summed E-state index contributed by atoms with van der Waals surface area (Å²) in [6, 6.07) is 13.5. The smallest absolute Gasteiger partial charge is 0.251 e. The maximum absolute atomic E-state index is 13.1. The van der Waals surface area contributed by atoms with Crippen molar-refractivity contribution >= 4 is 5.91 Å². The molecule has 2 aliphatic heterocycles. The first-order valence-corrected chi connectivity index (χ1v) is 9.76. The summed E-state index contributed by atoms with van der Waals surface area (Å²) in [4.78, 5) is 13.1. The maximum Gasteiger partial charge on any atom is 0.251 e. The van der Waals surface area contributed by atoms with E-state index in [4.69, 9.17) is 14.2 Å². The fourth-order valence-corrected chi connectivity index (χ4v) is 5.06. The molecule has 2 heterocycles. The number of ether oxygens (including phenoxy) is 3. The summed E-state index contributed by atoms with van der Waals surface area (Å²) in [6.07, 6.45) is 1.91. The number of piperidine rings is 1. The lowest BCUT2D eigenvalue weighted by atomic mass is 9.72. The van der Waals surface area contributed by atoms with Crippen LogP contribution in [0.25, 0.3) is 0 Å². The van der Waals surface area contributed by atoms with Gasteiger partial charge in [0.15, 0.2) is 11.5 Å². The van der Waals surface area contributed by atoms with Crippen molar-refractivity contribution in [1.82, 2.24) is 10.6 Å². The molecule has 2 aromatic rings. The van der Waals surface area contributed by atoms with Gasteiger partial charge in [-0.25, -0.2) is 0 Å². The number of hydrogen-bond donors (Lipinski definition) is 2. The summed E-state index contributed by atoms with van der Waals surface area (Å²) < 4.78 is 16.8. The molecule has 0 aromatic heterocycles. The van der Waals surface area contributed by atoms with Crippen LogP contribution in [0.1, 0.15) is 40.4 Å². The van der Waals surface area contributed by atoms with Gasteiger partial charge in [-0.05, 0) is 55.3 Å². The molecule has 0 unspecified atom stereocenters. The van der Waals surface area contributed by atoms with E-state index in [9.17, 15) is 4.79 Å². The zero-order chi connectivity index (χ0) is 19.1. The highest BCUT2D eigenvalue weighted by molar-refractivity contribution is 5.95. The van der Waals surface area contributed by atoms with Crippen molar-refractivity contribution in [3.8, 4) is 11.5 Å². The Morgan fingerprint density at radius 3 is 2.75 bits per heavy atom. The lowest BCUT2D eigenvalue weighted by Crippen LogP contribution is -2.49. The number of carbonyl (C=O) groups excluding carboxylic acids is 1. The molecule has 6 nitrogen and oxygen atoms in total. The zero-order valence-electron chi connectivity index (χ0n) is 15.9. The Bertz CT molecular complexity index is 907. The van der Waals surface area contributed by atoms with Gasteiger partial charge in [0.1, 0.15) is 0 Å². The van der Waals surface area contributed by atoms with Crippen LogP contribution in [0.4, 0.5) is 0 Å². The Morgan fingerprint density at radius 2 is 1.93 bits per heavy atom. The van der Waals surface area contributed by atoms with Gasteiger partial charge in [-0.3, -0.25) is 4.79 Å². The number of carbonyl (C=O) groups is 1. The molecule has 0 saturated carbocycles. The van der Waals surface area contributed by atoms with Gasteiger partial charge in [0.05, 0.1) is 12.1 Å². The van der Waals surface area contributed by atoms with Gasteiger partial charge in [-0.1, -0.05) is 24.3 Å². The van der Waals surface area contributed by atoms with Crippen molar-refractivity contribution in [2.24, 2.45) is 0 Å². The Hall–Kier alpha value is -2.57. The van der Waals surface area contributed by atoms with E-state index in [1.54, 1.807) is 25.3 Å². The second kappa shape index (κ2) is 6.79. The Balaban J connectivity index is 1.48. The SMILES string of the molecule is CO[C@@H]1[C@@H](NC(=O)c2ccc3c(c2)OCO3)c2ccccc2C12CCNCC2. The maximum atomic E-state index is 13.1. The summed E-state index contributed by atoms with van der Waals surface area (Å²) in [6.45, 7) is 2.10. The third kappa shape index (κ3) is 2.59. The number of amides is 1. The first-order chi connectivity index (χ1) is 13.7. The molecule has 2 aromatic carbocycles. The summed E-state index contributed by atoms with van der Waals surface area (Å²) in [5, 5.41) is 6.68. The summed E-state index contributed by atoms with van der Waals surface area (Å²) in [5.74, 6) is 1.15. The predicted molar refractivity (Wildman–Crippen MR) is 104 cm³/mol. The number of methoxy groups -OCH3 is 1. The average Bonchev–Trinajstić information content (AvgIpc) is 3.30. The molecule has 1 amide bonds. The van der Waals surface area contributed by atoms with Crippen molar-refractivity contribution < 1.29 is 19.0 Å². The zero-order valence-corrected chi connectivity index (χ0v) is 15.9. The molecular weight excluding hydrogens is 356 g/mol. The minimum Gasteiger partial charge on any atom is -0.454 e. The van der Waals surface area contributed by atoms with Crippen LogP contribution < -0.4 is 20.1 Å². The molecule has 2 N–H and O–H groups in total. The van der Waals surface area contributed by atoms with Crippen molar-refractivity contribution in [2.75, 3.05) is 27.0 Å². The lowest BCUT2D eigenvalue weighted by Gasteiger charge is -2.40. The lowest BCUT2D eigenvalue weighted by molar-refractivity contribution is 0.00397. The van der Waals surface area contributed by atoms with Crippen LogP contribution in [0.2, 0.25) is 0 Å². The fourth-order valence-electron chi connectivity index (χ4n) is 5.06. The molecule has 1 aliphatic carbocycles. The number of fused-ring (bicyclic) bond motifs is 3. The van der Waals surface area contributed by atoms with Crippen LogP contribution in [-0.2, 0) is 10.2 Å². The molecular formula is C22H24N2O4. The van der Waals surface area contributed by atoms with E-state index in [1.165, 1.54) is 5.56 Å². The highest BCUT2D eigenvalue weighted by Gasteiger charge is 2.53. The Morgan fingerprint density at radius 1 is 1.14 bits per heavy atom. The topological polar surface area (TPSA) is 68.8 Å². The molecule has 2 atom stereocenters. The van der Waals surface area contributed by atoms with E-state index in [2.05, 4.69) is 28.8 Å². The quantitative estimate of drug-likeness (QED) is 0.857. The summed E-state index contributed by atoms with van der Waals surface area (Å²) in [7, 11) is 1.75. The van der Waals surface area contributed by atoms with Crippen molar-refractivity contribution in [2.45, 2.75) is 30.4 Å². The van der Waals surface area contributed by atoms with Gasteiger partial charge in [0.25, 0.3) is 5.91 Å². The molecule has 3 aliphatic rings. The standard InChI is InChI=1S/C22H24N2O4/c1-26-20-19(24-21(25)14-6-7-17-18(12-14)28-13-27-17)15-4-2-3-5-16(15)22(20)8-10-23-11-9-22/h2-7,12,19-20,23H,8-11,13H2,1H3,(H,24,25)/t19-,20+/m0/s1. The molecule has 146 valence electrons. The third-order valence-electron chi connectivity index (χ3n) is 6.35. The number of rotatable bonds is 3. The minimum atomic E-state index is -0.183.